The Labute approximate surface area is 125 Å². The van der Waals surface area contributed by atoms with Crippen LogP contribution in [0.1, 0.15) is 43.8 Å². The Kier molecular flexibility index (Phi) is 4.05. The molecule has 1 spiro atoms. The van der Waals surface area contributed by atoms with Gasteiger partial charge in [-0.3, -0.25) is 4.18 Å². The van der Waals surface area contributed by atoms with Gasteiger partial charge in [0, 0.05) is 5.92 Å². The highest BCUT2D eigenvalue weighted by Crippen LogP contribution is 2.51. The van der Waals surface area contributed by atoms with Gasteiger partial charge < -0.3 is 4.74 Å². The first-order valence-electron chi connectivity index (χ1n) is 7.37. The van der Waals surface area contributed by atoms with Gasteiger partial charge in [-0.1, -0.05) is 43.2 Å². The lowest BCUT2D eigenvalue weighted by molar-refractivity contribution is -0.0437. The maximum atomic E-state index is 11.1. The van der Waals surface area contributed by atoms with Crippen LogP contribution in [0.25, 0.3) is 0 Å². The summed E-state index contributed by atoms with van der Waals surface area (Å²) >= 11 is 0. The Hall–Kier alpha value is -0.950. The summed E-state index contributed by atoms with van der Waals surface area (Å²) in [7, 11) is -3.91. The predicted molar refractivity (Wildman–Crippen MR) is 78.6 cm³/mol. The summed E-state index contributed by atoms with van der Waals surface area (Å²) < 4.78 is 33.3. The molecule has 2 atom stereocenters. The van der Waals surface area contributed by atoms with Gasteiger partial charge in [-0.2, -0.15) is 8.42 Å². The van der Waals surface area contributed by atoms with Gasteiger partial charge >= 0.3 is 10.3 Å². The van der Waals surface area contributed by atoms with Gasteiger partial charge in [-0.05, 0) is 24.8 Å². The zero-order valence-electron chi connectivity index (χ0n) is 11.9. The van der Waals surface area contributed by atoms with Crippen molar-refractivity contribution in [2.45, 2.75) is 43.8 Å². The van der Waals surface area contributed by atoms with E-state index >= 15 is 0 Å². The van der Waals surface area contributed by atoms with Crippen molar-refractivity contribution in [1.29, 1.82) is 0 Å². The van der Waals surface area contributed by atoms with E-state index in [2.05, 4.69) is 0 Å². The summed E-state index contributed by atoms with van der Waals surface area (Å²) in [5.41, 5.74) is 0.969. The minimum absolute atomic E-state index is 0.0174. The smallest absolute Gasteiger partial charge is 0.333 e. The summed E-state index contributed by atoms with van der Waals surface area (Å²) in [6, 6.07) is 9.93. The second-order valence-electron chi connectivity index (χ2n) is 6.08. The van der Waals surface area contributed by atoms with Gasteiger partial charge in [0.1, 0.15) is 0 Å². The third-order valence-corrected chi connectivity index (χ3v) is 4.99. The predicted octanol–water partition coefficient (Wildman–Crippen LogP) is 2.30. The normalized spacial score (nSPS) is 28.2. The van der Waals surface area contributed by atoms with E-state index in [9.17, 15) is 8.42 Å². The third kappa shape index (κ3) is 3.45. The van der Waals surface area contributed by atoms with Crippen molar-refractivity contribution in [3.63, 3.8) is 0 Å². The summed E-state index contributed by atoms with van der Waals surface area (Å²) in [6.07, 6.45) is 5.15. The number of hydrogen-bond donors (Lipinski definition) is 1. The third-order valence-electron chi connectivity index (χ3n) is 4.53. The van der Waals surface area contributed by atoms with Crippen molar-refractivity contribution < 1.29 is 17.3 Å². The molecule has 2 fully saturated rings. The van der Waals surface area contributed by atoms with Crippen molar-refractivity contribution in [1.82, 2.24) is 0 Å². The van der Waals surface area contributed by atoms with E-state index in [4.69, 9.17) is 14.1 Å². The number of benzene rings is 1. The molecule has 21 heavy (non-hydrogen) atoms. The van der Waals surface area contributed by atoms with Crippen LogP contribution in [0, 0.1) is 5.92 Å². The highest BCUT2D eigenvalue weighted by molar-refractivity contribution is 7.84. The number of ether oxygens (including phenoxy) is 1. The second kappa shape index (κ2) is 5.68. The van der Waals surface area contributed by atoms with E-state index in [0.29, 0.717) is 0 Å². The molecule has 1 aromatic carbocycles. The molecule has 2 aliphatic rings. The van der Waals surface area contributed by atoms with Crippen LogP contribution in [0.3, 0.4) is 0 Å². The molecule has 116 valence electrons. The molecule has 1 saturated carbocycles. The molecule has 3 rings (SSSR count). The average molecular weight is 311 g/mol. The van der Waals surface area contributed by atoms with Crippen LogP contribution in [0.2, 0.25) is 0 Å². The molecule has 1 saturated heterocycles. The SMILES string of the molecule is NS(=O)(=O)OC[C@@H]1CC2(CCCC2)O[C@H]1c1ccccc1. The Bertz CT molecular complexity index is 581. The topological polar surface area (TPSA) is 78.6 Å². The summed E-state index contributed by atoms with van der Waals surface area (Å²) in [6.45, 7) is 0.0835. The van der Waals surface area contributed by atoms with Crippen LogP contribution in [0.5, 0.6) is 0 Å². The van der Waals surface area contributed by atoms with Crippen LogP contribution in [-0.2, 0) is 19.2 Å². The van der Waals surface area contributed by atoms with E-state index < -0.39 is 10.3 Å². The number of nitrogens with two attached hydrogens (primary N) is 1. The van der Waals surface area contributed by atoms with E-state index in [1.165, 1.54) is 12.8 Å². The summed E-state index contributed by atoms with van der Waals surface area (Å²) in [5.74, 6) is 0.0174. The van der Waals surface area contributed by atoms with Gasteiger partial charge in [0.25, 0.3) is 0 Å². The van der Waals surface area contributed by atoms with Gasteiger partial charge in [-0.25, -0.2) is 5.14 Å². The van der Waals surface area contributed by atoms with Crippen LogP contribution in [0.4, 0.5) is 0 Å². The van der Waals surface area contributed by atoms with Gasteiger partial charge in [0.05, 0.1) is 18.3 Å². The molecule has 5 nitrogen and oxygen atoms in total. The molecule has 0 amide bonds. The van der Waals surface area contributed by atoms with Crippen LogP contribution in [-0.4, -0.2) is 20.6 Å². The van der Waals surface area contributed by atoms with Crippen molar-refractivity contribution in [2.75, 3.05) is 6.61 Å². The standard InChI is InChI=1S/C15H21NO4S/c16-21(17,18)19-11-13-10-15(8-4-5-9-15)20-14(13)12-6-2-1-3-7-12/h1-3,6-7,13-14H,4-5,8-11H2,(H2,16,17,18)/t13-,14-/m0/s1. The molecule has 0 radical (unpaired) electrons. The molecule has 1 heterocycles. The van der Waals surface area contributed by atoms with Crippen molar-refractivity contribution >= 4 is 10.3 Å². The summed E-state index contributed by atoms with van der Waals surface area (Å²) in [5, 5.41) is 4.95. The molecule has 1 aliphatic heterocycles. The number of hydrogen-bond acceptors (Lipinski definition) is 4. The molecule has 0 unspecified atom stereocenters. The molecule has 2 N–H and O–H groups in total. The fraction of sp³-hybridized carbons (Fsp3) is 0.600. The Morgan fingerprint density at radius 1 is 1.24 bits per heavy atom. The average Bonchev–Trinajstić information content (AvgIpc) is 3.05. The van der Waals surface area contributed by atoms with Crippen molar-refractivity contribution in [2.24, 2.45) is 11.1 Å². The molecule has 1 aliphatic carbocycles. The van der Waals surface area contributed by atoms with E-state index in [0.717, 1.165) is 24.8 Å². The Morgan fingerprint density at radius 3 is 2.52 bits per heavy atom. The van der Waals surface area contributed by atoms with Crippen LogP contribution < -0.4 is 5.14 Å². The van der Waals surface area contributed by atoms with Gasteiger partial charge in [0.15, 0.2) is 0 Å². The van der Waals surface area contributed by atoms with E-state index in [-0.39, 0.29) is 24.2 Å². The Balaban J connectivity index is 1.80. The second-order valence-corrected chi connectivity index (χ2v) is 7.30. The molecule has 6 heteroatoms. The fourth-order valence-electron chi connectivity index (χ4n) is 3.65. The lowest BCUT2D eigenvalue weighted by Gasteiger charge is -2.23. The van der Waals surface area contributed by atoms with Gasteiger partial charge in [0.2, 0.25) is 0 Å². The van der Waals surface area contributed by atoms with Crippen molar-refractivity contribution in [3.8, 4) is 0 Å². The minimum atomic E-state index is -3.91. The number of rotatable bonds is 4. The fourth-order valence-corrected chi connectivity index (χ4v) is 4.02. The molecular weight excluding hydrogens is 290 g/mol. The zero-order valence-corrected chi connectivity index (χ0v) is 12.7. The van der Waals surface area contributed by atoms with E-state index in [1.807, 2.05) is 30.3 Å². The zero-order chi connectivity index (χ0) is 14.9. The molecule has 1 aromatic rings. The molecule has 0 aromatic heterocycles. The highest BCUT2D eigenvalue weighted by Gasteiger charge is 2.48. The first-order chi connectivity index (χ1) is 9.98. The lowest BCUT2D eigenvalue weighted by Crippen LogP contribution is -2.24. The Morgan fingerprint density at radius 2 is 1.90 bits per heavy atom. The maximum Gasteiger partial charge on any atom is 0.333 e. The van der Waals surface area contributed by atoms with E-state index in [1.54, 1.807) is 0 Å². The molecule has 0 bridgehead atoms. The monoisotopic (exact) mass is 311 g/mol. The summed E-state index contributed by atoms with van der Waals surface area (Å²) in [4.78, 5) is 0. The molecular formula is C15H21NO4S. The first kappa shape index (κ1) is 15.0. The van der Waals surface area contributed by atoms with Crippen molar-refractivity contribution in [3.05, 3.63) is 35.9 Å². The highest BCUT2D eigenvalue weighted by atomic mass is 32.2. The quantitative estimate of drug-likeness (QED) is 0.925. The lowest BCUT2D eigenvalue weighted by atomic mass is 9.89. The van der Waals surface area contributed by atoms with Gasteiger partial charge in [-0.15, -0.1) is 0 Å². The van der Waals surface area contributed by atoms with Crippen LogP contribution >= 0.6 is 0 Å². The first-order valence-corrected chi connectivity index (χ1v) is 8.85. The maximum absolute atomic E-state index is 11.1. The largest absolute Gasteiger partial charge is 0.367 e. The van der Waals surface area contributed by atoms with Crippen LogP contribution in [0.15, 0.2) is 30.3 Å². The minimum Gasteiger partial charge on any atom is -0.367 e.